The largest absolute Gasteiger partial charge is 0.390 e. The summed E-state index contributed by atoms with van der Waals surface area (Å²) in [7, 11) is -3.11. The third-order valence-electron chi connectivity index (χ3n) is 2.92. The topological polar surface area (TPSA) is 79.3 Å². The molecule has 17 heavy (non-hydrogen) atoms. The molecule has 2 unspecified atom stereocenters. The van der Waals surface area contributed by atoms with Crippen LogP contribution in [0.25, 0.3) is 0 Å². The predicted molar refractivity (Wildman–Crippen MR) is 64.2 cm³/mol. The third kappa shape index (κ3) is 3.02. The molecule has 1 fully saturated rings. The van der Waals surface area contributed by atoms with E-state index in [0.717, 1.165) is 5.69 Å². The average molecular weight is 256 g/mol. The second-order valence-electron chi connectivity index (χ2n) is 4.39. The standard InChI is InChI=1S/C11H16N2O3S/c1-8(9-4-2-3-5-12-9)13-10-6-17(15,16)7-11(10)14/h2-5,8,10-11,13-14H,6-7H2,1H3/t8-,10?,11?/m0/s1. The van der Waals surface area contributed by atoms with Gasteiger partial charge in [0.1, 0.15) is 0 Å². The highest BCUT2D eigenvalue weighted by Crippen LogP contribution is 2.17. The highest BCUT2D eigenvalue weighted by atomic mass is 32.2. The summed E-state index contributed by atoms with van der Waals surface area (Å²) in [6, 6.07) is 5.09. The van der Waals surface area contributed by atoms with E-state index in [0.29, 0.717) is 0 Å². The van der Waals surface area contributed by atoms with E-state index in [4.69, 9.17) is 0 Å². The summed E-state index contributed by atoms with van der Waals surface area (Å²) < 4.78 is 22.7. The molecule has 0 aromatic carbocycles. The smallest absolute Gasteiger partial charge is 0.154 e. The summed E-state index contributed by atoms with van der Waals surface area (Å²) in [5.74, 6) is -0.162. The number of rotatable bonds is 3. The van der Waals surface area contributed by atoms with E-state index in [2.05, 4.69) is 10.3 Å². The molecule has 0 bridgehead atoms. The van der Waals surface area contributed by atoms with E-state index in [9.17, 15) is 13.5 Å². The van der Waals surface area contributed by atoms with Crippen LogP contribution in [0.1, 0.15) is 18.7 Å². The van der Waals surface area contributed by atoms with E-state index >= 15 is 0 Å². The van der Waals surface area contributed by atoms with Crippen molar-refractivity contribution in [3.63, 3.8) is 0 Å². The van der Waals surface area contributed by atoms with Crippen molar-refractivity contribution >= 4 is 9.84 Å². The summed E-state index contributed by atoms with van der Waals surface area (Å²) >= 11 is 0. The predicted octanol–water partition coefficient (Wildman–Crippen LogP) is -0.110. The summed E-state index contributed by atoms with van der Waals surface area (Å²) in [6.07, 6.45) is 0.862. The number of hydrogen-bond acceptors (Lipinski definition) is 5. The molecule has 2 heterocycles. The fourth-order valence-electron chi connectivity index (χ4n) is 2.03. The number of aliphatic hydroxyl groups excluding tert-OH is 1. The molecular formula is C11H16N2O3S. The maximum absolute atomic E-state index is 11.4. The van der Waals surface area contributed by atoms with Crippen LogP contribution < -0.4 is 5.32 Å². The van der Waals surface area contributed by atoms with E-state index in [1.165, 1.54) is 0 Å². The van der Waals surface area contributed by atoms with Crippen LogP contribution in [-0.4, -0.2) is 42.2 Å². The number of aliphatic hydroxyl groups is 1. The molecule has 2 N–H and O–H groups in total. The lowest BCUT2D eigenvalue weighted by Crippen LogP contribution is -2.40. The molecule has 3 atom stereocenters. The van der Waals surface area contributed by atoms with E-state index in [-0.39, 0.29) is 17.5 Å². The number of nitrogens with zero attached hydrogens (tertiary/aromatic N) is 1. The Balaban J connectivity index is 2.03. The molecule has 1 aliphatic heterocycles. The lowest BCUT2D eigenvalue weighted by Gasteiger charge is -2.20. The van der Waals surface area contributed by atoms with Crippen molar-refractivity contribution in [1.82, 2.24) is 10.3 Å². The maximum atomic E-state index is 11.4. The molecular weight excluding hydrogens is 240 g/mol. The fraction of sp³-hybridized carbons (Fsp3) is 0.545. The van der Waals surface area contributed by atoms with Gasteiger partial charge in [0.15, 0.2) is 9.84 Å². The molecule has 1 aliphatic rings. The van der Waals surface area contributed by atoms with Crippen LogP contribution in [0.15, 0.2) is 24.4 Å². The monoisotopic (exact) mass is 256 g/mol. The van der Waals surface area contributed by atoms with Crippen molar-refractivity contribution in [3.05, 3.63) is 30.1 Å². The second kappa shape index (κ2) is 4.72. The number of pyridine rings is 1. The van der Waals surface area contributed by atoms with Crippen LogP contribution in [0.3, 0.4) is 0 Å². The Bertz CT molecular complexity index is 475. The van der Waals surface area contributed by atoms with Gasteiger partial charge in [0.2, 0.25) is 0 Å². The molecule has 0 amide bonds. The minimum absolute atomic E-state index is 0.00859. The van der Waals surface area contributed by atoms with Gasteiger partial charge in [-0.3, -0.25) is 4.98 Å². The summed E-state index contributed by atoms with van der Waals surface area (Å²) in [4.78, 5) is 4.19. The van der Waals surface area contributed by atoms with Gasteiger partial charge in [-0.2, -0.15) is 0 Å². The molecule has 1 aromatic rings. The van der Waals surface area contributed by atoms with Gasteiger partial charge < -0.3 is 10.4 Å². The van der Waals surface area contributed by atoms with Gasteiger partial charge in [-0.25, -0.2) is 8.42 Å². The lowest BCUT2D eigenvalue weighted by molar-refractivity contribution is 0.160. The molecule has 94 valence electrons. The molecule has 0 aliphatic carbocycles. The van der Waals surface area contributed by atoms with Crippen LogP contribution in [0.5, 0.6) is 0 Å². The minimum atomic E-state index is -3.11. The number of nitrogens with one attached hydrogen (secondary N) is 1. The Hall–Kier alpha value is -0.980. The normalized spacial score (nSPS) is 29.1. The quantitative estimate of drug-likeness (QED) is 0.789. The highest BCUT2D eigenvalue weighted by Gasteiger charge is 2.36. The molecule has 5 nitrogen and oxygen atoms in total. The van der Waals surface area contributed by atoms with Gasteiger partial charge in [0.25, 0.3) is 0 Å². The van der Waals surface area contributed by atoms with E-state index in [1.807, 2.05) is 25.1 Å². The molecule has 0 spiro atoms. The summed E-state index contributed by atoms with van der Waals surface area (Å²) in [6.45, 7) is 1.90. The van der Waals surface area contributed by atoms with Crippen LogP contribution >= 0.6 is 0 Å². The molecule has 0 saturated carbocycles. The van der Waals surface area contributed by atoms with Crippen molar-refractivity contribution < 1.29 is 13.5 Å². The van der Waals surface area contributed by atoms with Crippen LogP contribution in [0, 0.1) is 0 Å². The highest BCUT2D eigenvalue weighted by molar-refractivity contribution is 7.91. The fourth-order valence-corrected chi connectivity index (χ4v) is 3.78. The maximum Gasteiger partial charge on any atom is 0.154 e. The van der Waals surface area contributed by atoms with Crippen LogP contribution in [0.2, 0.25) is 0 Å². The molecule has 6 heteroatoms. The van der Waals surface area contributed by atoms with E-state index < -0.39 is 22.0 Å². The Morgan fingerprint density at radius 1 is 1.47 bits per heavy atom. The van der Waals surface area contributed by atoms with Gasteiger partial charge in [-0.05, 0) is 19.1 Å². The summed E-state index contributed by atoms with van der Waals surface area (Å²) in [5, 5.41) is 12.8. The number of aromatic nitrogens is 1. The average Bonchev–Trinajstić information content (AvgIpc) is 2.53. The van der Waals surface area contributed by atoms with E-state index in [1.54, 1.807) is 6.20 Å². The second-order valence-corrected chi connectivity index (χ2v) is 6.55. The van der Waals surface area contributed by atoms with Crippen LogP contribution in [-0.2, 0) is 9.84 Å². The van der Waals surface area contributed by atoms with Crippen molar-refractivity contribution in [2.45, 2.75) is 25.1 Å². The van der Waals surface area contributed by atoms with Crippen molar-refractivity contribution in [2.75, 3.05) is 11.5 Å². The van der Waals surface area contributed by atoms with Crippen LogP contribution in [0.4, 0.5) is 0 Å². The zero-order chi connectivity index (χ0) is 12.5. The molecule has 1 saturated heterocycles. The van der Waals surface area contributed by atoms with Gasteiger partial charge in [-0.1, -0.05) is 6.07 Å². The van der Waals surface area contributed by atoms with Crippen molar-refractivity contribution in [1.29, 1.82) is 0 Å². The van der Waals surface area contributed by atoms with Gasteiger partial charge in [-0.15, -0.1) is 0 Å². The third-order valence-corrected chi connectivity index (χ3v) is 4.63. The molecule has 1 aromatic heterocycles. The SMILES string of the molecule is C[C@H](NC1CS(=O)(=O)CC1O)c1ccccn1. The first-order valence-corrected chi connectivity index (χ1v) is 7.35. The number of hydrogen-bond donors (Lipinski definition) is 2. The number of sulfone groups is 1. The summed E-state index contributed by atoms with van der Waals surface area (Å²) in [5.41, 5.74) is 0.837. The Morgan fingerprint density at radius 2 is 2.24 bits per heavy atom. The Kier molecular flexibility index (Phi) is 3.46. The molecule has 2 rings (SSSR count). The Morgan fingerprint density at radius 3 is 2.76 bits per heavy atom. The van der Waals surface area contributed by atoms with Crippen molar-refractivity contribution in [2.24, 2.45) is 0 Å². The zero-order valence-corrected chi connectivity index (χ0v) is 10.4. The first-order chi connectivity index (χ1) is 7.98. The first kappa shape index (κ1) is 12.5. The zero-order valence-electron chi connectivity index (χ0n) is 9.57. The minimum Gasteiger partial charge on any atom is -0.390 e. The first-order valence-electron chi connectivity index (χ1n) is 5.53. The van der Waals surface area contributed by atoms with Crippen molar-refractivity contribution in [3.8, 4) is 0 Å². The van der Waals surface area contributed by atoms with Gasteiger partial charge >= 0.3 is 0 Å². The lowest BCUT2D eigenvalue weighted by atomic mass is 10.1. The van der Waals surface area contributed by atoms with Gasteiger partial charge in [0.05, 0.1) is 23.3 Å². The molecule has 0 radical (unpaired) electrons. The Labute approximate surface area is 101 Å². The van der Waals surface area contributed by atoms with Gasteiger partial charge in [0, 0.05) is 18.3 Å².